The minimum atomic E-state index is -1.02. The van der Waals surface area contributed by atoms with Crippen LogP contribution in [-0.2, 0) is 9.53 Å². The summed E-state index contributed by atoms with van der Waals surface area (Å²) in [6.45, 7) is 1.47. The molecule has 23 heavy (non-hydrogen) atoms. The molecule has 0 fully saturated rings. The van der Waals surface area contributed by atoms with E-state index in [1.165, 1.54) is 31.6 Å². The number of nitrogens with zero attached hydrogens (tertiary/aromatic N) is 1. The molecule has 2 aromatic rings. The Balaban J connectivity index is 2.09. The fourth-order valence-electron chi connectivity index (χ4n) is 1.67. The van der Waals surface area contributed by atoms with Crippen molar-refractivity contribution in [1.29, 1.82) is 0 Å². The first-order valence-electron chi connectivity index (χ1n) is 6.71. The molecule has 0 amide bonds. The normalized spacial score (nSPS) is 12.1. The summed E-state index contributed by atoms with van der Waals surface area (Å²) in [5, 5.41) is 9.51. The molecule has 0 bridgehead atoms. The van der Waals surface area contributed by atoms with Crippen LogP contribution in [0.5, 0.6) is 5.75 Å². The second-order valence-electron chi connectivity index (χ2n) is 4.56. The molecule has 120 valence electrons. The first kappa shape index (κ1) is 16.7. The van der Waals surface area contributed by atoms with Crippen molar-refractivity contribution in [3.05, 3.63) is 45.9 Å². The van der Waals surface area contributed by atoms with Gasteiger partial charge in [0.2, 0.25) is 0 Å². The number of rotatable bonds is 6. The Morgan fingerprint density at radius 2 is 2.13 bits per heavy atom. The number of ether oxygens (including phenoxy) is 2. The van der Waals surface area contributed by atoms with Crippen molar-refractivity contribution < 1.29 is 24.2 Å². The minimum absolute atomic E-state index is 0.416. The van der Waals surface area contributed by atoms with Crippen molar-refractivity contribution >= 4 is 35.4 Å². The van der Waals surface area contributed by atoms with E-state index in [0.717, 1.165) is 5.56 Å². The Bertz CT molecular complexity index is 738. The molecule has 1 atom stereocenters. The summed E-state index contributed by atoms with van der Waals surface area (Å²) in [6.07, 6.45) is 4.11. The highest BCUT2D eigenvalue weighted by molar-refractivity contribution is 7.14. The van der Waals surface area contributed by atoms with Gasteiger partial charge in [-0.25, -0.2) is 14.6 Å². The van der Waals surface area contributed by atoms with Gasteiger partial charge in [-0.1, -0.05) is 18.2 Å². The average Bonchev–Trinajstić information content (AvgIpc) is 3.01. The maximum absolute atomic E-state index is 11.4. The SMILES string of the molecule is COC(=O)c1cnc(C=Cc2cccc(OC(C)C(=O)O)c2)s1. The van der Waals surface area contributed by atoms with Crippen LogP contribution in [0.2, 0.25) is 0 Å². The molecule has 0 spiro atoms. The number of carboxylic acids is 1. The van der Waals surface area contributed by atoms with E-state index in [0.29, 0.717) is 15.6 Å². The summed E-state index contributed by atoms with van der Waals surface area (Å²) in [4.78, 5) is 26.7. The fraction of sp³-hybridized carbons (Fsp3) is 0.188. The van der Waals surface area contributed by atoms with Crippen molar-refractivity contribution in [2.45, 2.75) is 13.0 Å². The van der Waals surface area contributed by atoms with Crippen LogP contribution in [0.25, 0.3) is 12.2 Å². The highest BCUT2D eigenvalue weighted by Crippen LogP contribution is 2.19. The van der Waals surface area contributed by atoms with E-state index in [1.54, 1.807) is 30.4 Å². The summed E-state index contributed by atoms with van der Waals surface area (Å²) in [5.74, 6) is -0.972. The lowest BCUT2D eigenvalue weighted by atomic mass is 10.2. The second kappa shape index (κ2) is 7.55. The molecule has 1 heterocycles. The predicted octanol–water partition coefficient (Wildman–Crippen LogP) is 2.95. The molecule has 0 saturated heterocycles. The molecule has 0 aliphatic carbocycles. The van der Waals surface area contributed by atoms with Crippen LogP contribution in [0.1, 0.15) is 27.2 Å². The fourth-order valence-corrected chi connectivity index (χ4v) is 2.41. The van der Waals surface area contributed by atoms with Gasteiger partial charge in [0.1, 0.15) is 15.6 Å². The molecule has 7 heteroatoms. The van der Waals surface area contributed by atoms with E-state index in [-0.39, 0.29) is 0 Å². The third kappa shape index (κ3) is 4.65. The van der Waals surface area contributed by atoms with Gasteiger partial charge < -0.3 is 14.6 Å². The highest BCUT2D eigenvalue weighted by Gasteiger charge is 2.12. The largest absolute Gasteiger partial charge is 0.479 e. The van der Waals surface area contributed by atoms with Crippen LogP contribution in [0.3, 0.4) is 0 Å². The molecule has 1 aromatic carbocycles. The Labute approximate surface area is 137 Å². The van der Waals surface area contributed by atoms with Gasteiger partial charge in [0.25, 0.3) is 0 Å². The number of hydrogen-bond acceptors (Lipinski definition) is 6. The van der Waals surface area contributed by atoms with Crippen molar-refractivity contribution in [2.75, 3.05) is 7.11 Å². The third-order valence-electron chi connectivity index (χ3n) is 2.85. The Hall–Kier alpha value is -2.67. The van der Waals surface area contributed by atoms with E-state index in [4.69, 9.17) is 9.84 Å². The van der Waals surface area contributed by atoms with E-state index in [2.05, 4.69) is 9.72 Å². The number of carboxylic acid groups (broad SMARTS) is 1. The van der Waals surface area contributed by atoms with Crippen LogP contribution in [0.15, 0.2) is 30.5 Å². The molecular formula is C16H15NO5S. The van der Waals surface area contributed by atoms with Gasteiger partial charge in [0, 0.05) is 0 Å². The minimum Gasteiger partial charge on any atom is -0.479 e. The lowest BCUT2D eigenvalue weighted by Crippen LogP contribution is -2.22. The van der Waals surface area contributed by atoms with Gasteiger partial charge in [-0.3, -0.25) is 0 Å². The van der Waals surface area contributed by atoms with Crippen LogP contribution in [0, 0.1) is 0 Å². The van der Waals surface area contributed by atoms with Crippen LogP contribution in [0.4, 0.5) is 0 Å². The number of esters is 1. The molecule has 1 unspecified atom stereocenters. The van der Waals surface area contributed by atoms with E-state index in [9.17, 15) is 9.59 Å². The lowest BCUT2D eigenvalue weighted by Gasteiger charge is -2.10. The van der Waals surface area contributed by atoms with E-state index in [1.807, 2.05) is 6.07 Å². The number of aliphatic carboxylic acids is 1. The zero-order valence-electron chi connectivity index (χ0n) is 12.6. The maximum atomic E-state index is 11.4. The summed E-state index contributed by atoms with van der Waals surface area (Å²) >= 11 is 1.22. The first-order chi connectivity index (χ1) is 11.0. The number of carbonyl (C=O) groups excluding carboxylic acids is 1. The molecule has 0 radical (unpaired) electrons. The number of methoxy groups -OCH3 is 1. The molecular weight excluding hydrogens is 318 g/mol. The summed E-state index contributed by atoms with van der Waals surface area (Å²) < 4.78 is 9.94. The van der Waals surface area contributed by atoms with Crippen molar-refractivity contribution in [3.8, 4) is 5.75 Å². The van der Waals surface area contributed by atoms with Crippen LogP contribution >= 0.6 is 11.3 Å². The molecule has 1 N–H and O–H groups in total. The Kier molecular flexibility index (Phi) is 5.48. The summed E-state index contributed by atoms with van der Waals surface area (Å²) in [7, 11) is 1.32. The molecule has 0 aliphatic heterocycles. The molecule has 0 saturated carbocycles. The van der Waals surface area contributed by atoms with Gasteiger partial charge in [-0.2, -0.15) is 0 Å². The quantitative estimate of drug-likeness (QED) is 0.818. The van der Waals surface area contributed by atoms with Crippen LogP contribution < -0.4 is 4.74 Å². The van der Waals surface area contributed by atoms with Gasteiger partial charge in [0.05, 0.1) is 13.3 Å². The van der Waals surface area contributed by atoms with Crippen molar-refractivity contribution in [2.24, 2.45) is 0 Å². The molecule has 1 aromatic heterocycles. The standard InChI is InChI=1S/C16H15NO5S/c1-10(15(18)19)22-12-5-3-4-11(8-12)6-7-14-17-9-13(23-14)16(20)21-2/h3-10H,1-2H3,(H,18,19). The molecule has 0 aliphatic rings. The van der Waals surface area contributed by atoms with Gasteiger partial charge in [0.15, 0.2) is 6.10 Å². The first-order valence-corrected chi connectivity index (χ1v) is 7.53. The van der Waals surface area contributed by atoms with Crippen molar-refractivity contribution in [3.63, 3.8) is 0 Å². The zero-order chi connectivity index (χ0) is 16.8. The third-order valence-corrected chi connectivity index (χ3v) is 3.79. The monoisotopic (exact) mass is 333 g/mol. The maximum Gasteiger partial charge on any atom is 0.349 e. The zero-order valence-corrected chi connectivity index (χ0v) is 13.4. The topological polar surface area (TPSA) is 85.7 Å². The second-order valence-corrected chi connectivity index (χ2v) is 5.62. The predicted molar refractivity (Wildman–Crippen MR) is 86.5 cm³/mol. The number of aromatic nitrogens is 1. The van der Waals surface area contributed by atoms with E-state index < -0.39 is 18.0 Å². The van der Waals surface area contributed by atoms with Gasteiger partial charge in [-0.15, -0.1) is 11.3 Å². The van der Waals surface area contributed by atoms with Gasteiger partial charge in [-0.05, 0) is 30.7 Å². The molecule has 6 nitrogen and oxygen atoms in total. The molecule has 2 rings (SSSR count). The lowest BCUT2D eigenvalue weighted by molar-refractivity contribution is -0.144. The number of carbonyl (C=O) groups is 2. The Morgan fingerprint density at radius 1 is 1.35 bits per heavy atom. The van der Waals surface area contributed by atoms with Gasteiger partial charge >= 0.3 is 11.9 Å². The smallest absolute Gasteiger partial charge is 0.349 e. The number of thiazole rings is 1. The van der Waals surface area contributed by atoms with Crippen LogP contribution in [-0.4, -0.2) is 35.2 Å². The average molecular weight is 333 g/mol. The van der Waals surface area contributed by atoms with Crippen molar-refractivity contribution in [1.82, 2.24) is 4.98 Å². The summed E-state index contributed by atoms with van der Waals surface area (Å²) in [6, 6.07) is 7.04. The number of hydrogen-bond donors (Lipinski definition) is 1. The number of benzene rings is 1. The Morgan fingerprint density at radius 3 is 2.83 bits per heavy atom. The van der Waals surface area contributed by atoms with E-state index >= 15 is 0 Å². The summed E-state index contributed by atoms with van der Waals surface area (Å²) in [5.41, 5.74) is 0.829. The highest BCUT2D eigenvalue weighted by atomic mass is 32.1.